The number of hydrogen-bond donors (Lipinski definition) is 1. The lowest BCUT2D eigenvalue weighted by molar-refractivity contribution is -0.137. The van der Waals surface area contributed by atoms with Crippen LogP contribution in [-0.4, -0.2) is 11.5 Å². The highest BCUT2D eigenvalue weighted by Crippen LogP contribution is 2.39. The number of nitrogens with zero attached hydrogens (tertiary/aromatic N) is 1. The van der Waals surface area contributed by atoms with Crippen molar-refractivity contribution in [3.8, 4) is 10.6 Å². The van der Waals surface area contributed by atoms with E-state index in [0.29, 0.717) is 16.0 Å². The predicted molar refractivity (Wildman–Crippen MR) is 82.2 cm³/mol. The summed E-state index contributed by atoms with van der Waals surface area (Å²) in [6, 6.07) is 4.14. The molecule has 0 amide bonds. The number of thiazole rings is 1. The second kappa shape index (κ2) is 6.89. The maximum Gasteiger partial charge on any atom is 0.417 e. The third-order valence-electron chi connectivity index (χ3n) is 2.80. The molecule has 2 rings (SSSR count). The van der Waals surface area contributed by atoms with E-state index in [0.717, 1.165) is 24.7 Å². The Balaban J connectivity index is 2.30. The molecule has 2 aromatic rings. The highest BCUT2D eigenvalue weighted by molar-refractivity contribution is 9.10. The van der Waals surface area contributed by atoms with Crippen molar-refractivity contribution in [3.05, 3.63) is 39.3 Å². The van der Waals surface area contributed by atoms with Crippen LogP contribution in [0.3, 0.4) is 0 Å². The first kappa shape index (κ1) is 16.5. The Morgan fingerprint density at radius 2 is 2.10 bits per heavy atom. The lowest BCUT2D eigenvalue weighted by Crippen LogP contribution is -2.13. The monoisotopic (exact) mass is 378 g/mol. The van der Waals surface area contributed by atoms with Gasteiger partial charge in [0.25, 0.3) is 0 Å². The smallest absolute Gasteiger partial charge is 0.311 e. The molecule has 1 heterocycles. The number of aromatic nitrogens is 1. The van der Waals surface area contributed by atoms with Gasteiger partial charge < -0.3 is 5.32 Å². The summed E-state index contributed by atoms with van der Waals surface area (Å²) in [6.45, 7) is 3.48. The van der Waals surface area contributed by atoms with Gasteiger partial charge in [-0.25, -0.2) is 4.98 Å². The summed E-state index contributed by atoms with van der Waals surface area (Å²) < 4.78 is 39.7. The molecule has 114 valence electrons. The summed E-state index contributed by atoms with van der Waals surface area (Å²) in [7, 11) is 0. The van der Waals surface area contributed by atoms with Gasteiger partial charge in [-0.1, -0.05) is 28.9 Å². The van der Waals surface area contributed by atoms with Crippen molar-refractivity contribution in [1.82, 2.24) is 10.3 Å². The molecule has 0 aliphatic carbocycles. The third kappa shape index (κ3) is 4.28. The van der Waals surface area contributed by atoms with Crippen LogP contribution in [0, 0.1) is 0 Å². The Morgan fingerprint density at radius 1 is 1.33 bits per heavy atom. The molecular formula is C14H14BrF3N2S. The fraction of sp³-hybridized carbons (Fsp3) is 0.357. The Kier molecular flexibility index (Phi) is 5.40. The van der Waals surface area contributed by atoms with Crippen LogP contribution >= 0.6 is 27.3 Å². The summed E-state index contributed by atoms with van der Waals surface area (Å²) in [5, 5.41) is 5.37. The first-order chi connectivity index (χ1) is 9.91. The number of alkyl halides is 3. The normalized spacial score (nSPS) is 11.9. The molecule has 0 radical (unpaired) electrons. The van der Waals surface area contributed by atoms with Crippen LogP contribution in [0.15, 0.2) is 28.1 Å². The van der Waals surface area contributed by atoms with E-state index < -0.39 is 11.7 Å². The van der Waals surface area contributed by atoms with E-state index in [2.05, 4.69) is 33.2 Å². The minimum Gasteiger partial charge on any atom is -0.311 e. The molecule has 0 spiro atoms. The standard InChI is InChI=1S/C14H14BrF3N2S/c1-2-5-19-7-10-8-21-13(20-10)11-4-3-9(15)6-12(11)14(16,17)18/h3-4,6,8,19H,2,5,7H2,1H3. The van der Waals surface area contributed by atoms with Crippen molar-refractivity contribution in [2.24, 2.45) is 0 Å². The molecule has 1 aromatic carbocycles. The highest BCUT2D eigenvalue weighted by Gasteiger charge is 2.34. The number of nitrogens with one attached hydrogen (secondary N) is 1. The zero-order valence-electron chi connectivity index (χ0n) is 11.3. The van der Waals surface area contributed by atoms with Crippen molar-refractivity contribution < 1.29 is 13.2 Å². The molecule has 0 unspecified atom stereocenters. The number of rotatable bonds is 5. The summed E-state index contributed by atoms with van der Waals surface area (Å²) in [4.78, 5) is 4.30. The summed E-state index contributed by atoms with van der Waals surface area (Å²) in [5.74, 6) is 0. The van der Waals surface area contributed by atoms with E-state index in [9.17, 15) is 13.2 Å². The second-order valence-electron chi connectivity index (χ2n) is 4.51. The van der Waals surface area contributed by atoms with Crippen LogP contribution < -0.4 is 5.32 Å². The van der Waals surface area contributed by atoms with Crippen molar-refractivity contribution in [2.45, 2.75) is 26.1 Å². The Bertz CT molecular complexity index is 611. The predicted octanol–water partition coefficient (Wildman–Crippen LogP) is 5.09. The fourth-order valence-electron chi connectivity index (χ4n) is 1.84. The summed E-state index contributed by atoms with van der Waals surface area (Å²) in [6.07, 6.45) is -3.40. The molecular weight excluding hydrogens is 365 g/mol. The van der Waals surface area contributed by atoms with E-state index in [4.69, 9.17) is 0 Å². The van der Waals surface area contributed by atoms with Crippen LogP contribution in [0.2, 0.25) is 0 Å². The first-order valence-electron chi connectivity index (χ1n) is 6.44. The van der Waals surface area contributed by atoms with E-state index in [-0.39, 0.29) is 5.56 Å². The molecule has 0 bridgehead atoms. The van der Waals surface area contributed by atoms with Gasteiger partial charge in [0.2, 0.25) is 0 Å². The van der Waals surface area contributed by atoms with Crippen LogP contribution in [-0.2, 0) is 12.7 Å². The molecule has 1 N–H and O–H groups in total. The maximum absolute atomic E-state index is 13.1. The third-order valence-corrected chi connectivity index (χ3v) is 4.22. The first-order valence-corrected chi connectivity index (χ1v) is 8.11. The second-order valence-corrected chi connectivity index (χ2v) is 6.28. The Labute approximate surface area is 133 Å². The average Bonchev–Trinajstić information content (AvgIpc) is 2.87. The molecule has 0 saturated carbocycles. The summed E-state index contributed by atoms with van der Waals surface area (Å²) >= 11 is 4.31. The summed E-state index contributed by atoms with van der Waals surface area (Å²) in [5.41, 5.74) is 0.219. The molecule has 0 atom stereocenters. The van der Waals surface area contributed by atoms with E-state index in [1.807, 2.05) is 0 Å². The topological polar surface area (TPSA) is 24.9 Å². The van der Waals surface area contributed by atoms with E-state index in [1.54, 1.807) is 11.4 Å². The Hall–Kier alpha value is -0.920. The molecule has 21 heavy (non-hydrogen) atoms. The lowest BCUT2D eigenvalue weighted by Gasteiger charge is -2.11. The molecule has 1 aromatic heterocycles. The van der Waals surface area contributed by atoms with E-state index in [1.165, 1.54) is 17.4 Å². The Morgan fingerprint density at radius 3 is 2.76 bits per heavy atom. The van der Waals surface area contributed by atoms with Crippen molar-refractivity contribution >= 4 is 27.3 Å². The molecule has 0 saturated heterocycles. The van der Waals surface area contributed by atoms with Crippen LogP contribution in [0.4, 0.5) is 13.2 Å². The maximum atomic E-state index is 13.1. The van der Waals surface area contributed by atoms with Gasteiger partial charge >= 0.3 is 6.18 Å². The van der Waals surface area contributed by atoms with Crippen LogP contribution in [0.1, 0.15) is 24.6 Å². The van der Waals surface area contributed by atoms with Gasteiger partial charge in [-0.2, -0.15) is 13.2 Å². The van der Waals surface area contributed by atoms with Gasteiger partial charge in [0.05, 0.1) is 11.3 Å². The molecule has 2 nitrogen and oxygen atoms in total. The quantitative estimate of drug-likeness (QED) is 0.732. The van der Waals surface area contributed by atoms with E-state index >= 15 is 0 Å². The molecule has 0 fully saturated rings. The highest BCUT2D eigenvalue weighted by atomic mass is 79.9. The van der Waals surface area contributed by atoms with Crippen LogP contribution in [0.5, 0.6) is 0 Å². The van der Waals surface area contributed by atoms with Gasteiger partial charge in [0.1, 0.15) is 5.01 Å². The lowest BCUT2D eigenvalue weighted by atomic mass is 10.1. The minimum absolute atomic E-state index is 0.123. The molecule has 0 aliphatic rings. The van der Waals surface area contributed by atoms with Gasteiger partial charge in [0, 0.05) is 22.0 Å². The van der Waals surface area contributed by atoms with Gasteiger partial charge in [-0.3, -0.25) is 0 Å². The minimum atomic E-state index is -4.40. The largest absolute Gasteiger partial charge is 0.417 e. The van der Waals surface area contributed by atoms with Crippen molar-refractivity contribution in [2.75, 3.05) is 6.54 Å². The zero-order valence-corrected chi connectivity index (χ0v) is 13.7. The average molecular weight is 379 g/mol. The molecule has 7 heteroatoms. The molecule has 0 aliphatic heterocycles. The zero-order chi connectivity index (χ0) is 15.5. The van der Waals surface area contributed by atoms with Gasteiger partial charge in [-0.15, -0.1) is 11.3 Å². The van der Waals surface area contributed by atoms with Crippen molar-refractivity contribution in [3.63, 3.8) is 0 Å². The SMILES string of the molecule is CCCNCc1csc(-c2ccc(Br)cc2C(F)(F)F)n1. The van der Waals surface area contributed by atoms with Gasteiger partial charge in [-0.05, 0) is 25.1 Å². The van der Waals surface area contributed by atoms with Gasteiger partial charge in [0.15, 0.2) is 0 Å². The fourth-order valence-corrected chi connectivity index (χ4v) is 3.06. The van der Waals surface area contributed by atoms with Crippen molar-refractivity contribution in [1.29, 1.82) is 0 Å². The van der Waals surface area contributed by atoms with Crippen LogP contribution in [0.25, 0.3) is 10.6 Å². The number of benzene rings is 1. The number of hydrogen-bond acceptors (Lipinski definition) is 3. The number of halogens is 4.